The second-order valence-corrected chi connectivity index (χ2v) is 9.59. The van der Waals surface area contributed by atoms with Crippen LogP contribution in [-0.2, 0) is 14.8 Å². The van der Waals surface area contributed by atoms with Gasteiger partial charge in [0, 0.05) is 31.0 Å². The Labute approximate surface area is 155 Å². The van der Waals surface area contributed by atoms with Crippen molar-refractivity contribution >= 4 is 33.4 Å². The number of sulfonamides is 1. The smallest absolute Gasteiger partial charge is 0.243 e. The minimum absolute atomic E-state index is 0.0806. The first-order valence-corrected chi connectivity index (χ1v) is 11.5. The van der Waals surface area contributed by atoms with Crippen molar-refractivity contribution in [2.75, 3.05) is 29.9 Å². The Balaban J connectivity index is 2.16. The number of hydrogen-bond acceptors (Lipinski definition) is 4. The zero-order chi connectivity index (χ0) is 18.3. The molecule has 1 aromatic carbocycles. The molecule has 0 unspecified atom stereocenters. The maximum Gasteiger partial charge on any atom is 0.243 e. The molecule has 0 saturated carbocycles. The fraction of sp³-hybridized carbons (Fsp3) is 0.611. The third-order valence-corrected chi connectivity index (χ3v) is 7.27. The average Bonchev–Trinajstić information content (AvgIpc) is 2.86. The van der Waals surface area contributed by atoms with E-state index < -0.39 is 10.0 Å². The molecule has 5 nitrogen and oxygen atoms in total. The summed E-state index contributed by atoms with van der Waals surface area (Å²) in [5.41, 5.74) is 1.26. The lowest BCUT2D eigenvalue weighted by Crippen LogP contribution is -2.32. The van der Waals surface area contributed by atoms with E-state index in [2.05, 4.69) is 12.2 Å². The number of anilines is 1. The lowest BCUT2D eigenvalue weighted by Gasteiger charge is -2.21. The predicted molar refractivity (Wildman–Crippen MR) is 105 cm³/mol. The Morgan fingerprint density at radius 1 is 1.20 bits per heavy atom. The molecule has 0 radical (unpaired) electrons. The Bertz CT molecular complexity index is 682. The van der Waals surface area contributed by atoms with Crippen molar-refractivity contribution in [3.05, 3.63) is 23.8 Å². The molecule has 1 saturated heterocycles. The van der Waals surface area contributed by atoms with Crippen LogP contribution in [0, 0.1) is 6.92 Å². The van der Waals surface area contributed by atoms with Crippen molar-refractivity contribution in [1.29, 1.82) is 0 Å². The molecule has 7 heteroatoms. The van der Waals surface area contributed by atoms with Crippen LogP contribution in [0.25, 0.3) is 0 Å². The van der Waals surface area contributed by atoms with Crippen molar-refractivity contribution in [1.82, 2.24) is 4.31 Å². The highest BCUT2D eigenvalue weighted by Gasteiger charge is 2.27. The van der Waals surface area contributed by atoms with Crippen LogP contribution < -0.4 is 5.32 Å². The van der Waals surface area contributed by atoms with Gasteiger partial charge in [-0.2, -0.15) is 16.1 Å². The van der Waals surface area contributed by atoms with Crippen molar-refractivity contribution in [3.8, 4) is 0 Å². The first-order chi connectivity index (χ1) is 11.9. The number of hydrogen-bond donors (Lipinski definition) is 1. The van der Waals surface area contributed by atoms with Gasteiger partial charge in [0.05, 0.1) is 4.90 Å². The molecule has 0 aliphatic carbocycles. The van der Waals surface area contributed by atoms with Gasteiger partial charge < -0.3 is 5.32 Å². The summed E-state index contributed by atoms with van der Waals surface area (Å²) >= 11 is 1.71. The minimum atomic E-state index is -3.52. The van der Waals surface area contributed by atoms with Gasteiger partial charge in [-0.05, 0) is 43.2 Å². The number of thioether (sulfide) groups is 1. The lowest BCUT2D eigenvalue weighted by molar-refractivity contribution is -0.115. The number of benzene rings is 1. The summed E-state index contributed by atoms with van der Waals surface area (Å²) in [5.74, 6) is 1.67. The Morgan fingerprint density at radius 2 is 1.88 bits per heavy atom. The summed E-state index contributed by atoms with van der Waals surface area (Å²) in [6.45, 7) is 5.01. The minimum Gasteiger partial charge on any atom is -0.326 e. The third kappa shape index (κ3) is 5.72. The van der Waals surface area contributed by atoms with Crippen LogP contribution in [-0.4, -0.2) is 43.2 Å². The highest BCUT2D eigenvalue weighted by molar-refractivity contribution is 7.99. The molecule has 1 amide bonds. The first-order valence-electron chi connectivity index (χ1n) is 8.93. The van der Waals surface area contributed by atoms with Crippen molar-refractivity contribution in [3.63, 3.8) is 0 Å². The molecular formula is C18H28N2O3S2. The molecule has 1 fully saturated rings. The van der Waals surface area contributed by atoms with E-state index in [0.29, 0.717) is 35.7 Å². The second kappa shape index (κ2) is 9.59. The van der Waals surface area contributed by atoms with E-state index in [1.807, 2.05) is 0 Å². The fourth-order valence-corrected chi connectivity index (χ4v) is 5.30. The van der Waals surface area contributed by atoms with Gasteiger partial charge in [-0.25, -0.2) is 8.42 Å². The van der Waals surface area contributed by atoms with Crippen LogP contribution in [0.1, 0.15) is 44.6 Å². The van der Waals surface area contributed by atoms with E-state index in [-0.39, 0.29) is 5.91 Å². The second-order valence-electron chi connectivity index (χ2n) is 6.29. The number of rotatable bonds is 7. The summed E-state index contributed by atoms with van der Waals surface area (Å²) < 4.78 is 27.6. The standard InChI is InChI=1S/C18H28N2O3S2/c1-3-24-13-10-18(21)19-16-9-8-15(2)17(14-16)25(22,23)20-11-6-4-5-7-12-20/h8-9,14H,3-7,10-13H2,1-2H3,(H,19,21). The highest BCUT2D eigenvalue weighted by Crippen LogP contribution is 2.26. The maximum atomic E-state index is 13.0. The van der Waals surface area contributed by atoms with Gasteiger partial charge in [0.1, 0.15) is 0 Å². The van der Waals surface area contributed by atoms with Gasteiger partial charge in [0.2, 0.25) is 15.9 Å². The summed E-state index contributed by atoms with van der Waals surface area (Å²) in [7, 11) is -3.52. The average molecular weight is 385 g/mol. The molecule has 1 aliphatic rings. The number of nitrogens with one attached hydrogen (secondary N) is 1. The normalized spacial score (nSPS) is 16.4. The van der Waals surface area contributed by atoms with E-state index in [0.717, 1.165) is 37.2 Å². The van der Waals surface area contributed by atoms with Gasteiger partial charge in [0.15, 0.2) is 0 Å². The SMILES string of the molecule is CCSCCC(=O)Nc1ccc(C)c(S(=O)(=O)N2CCCCCC2)c1. The van der Waals surface area contributed by atoms with E-state index in [9.17, 15) is 13.2 Å². The molecule has 0 bridgehead atoms. The van der Waals surface area contributed by atoms with E-state index in [1.165, 1.54) is 0 Å². The largest absolute Gasteiger partial charge is 0.326 e. The van der Waals surface area contributed by atoms with Gasteiger partial charge in [0.25, 0.3) is 0 Å². The molecule has 0 aromatic heterocycles. The molecule has 0 atom stereocenters. The lowest BCUT2D eigenvalue weighted by atomic mass is 10.2. The van der Waals surface area contributed by atoms with Gasteiger partial charge in [-0.3, -0.25) is 4.79 Å². The van der Waals surface area contributed by atoms with Crippen molar-refractivity contribution in [2.45, 2.75) is 50.8 Å². The van der Waals surface area contributed by atoms with Gasteiger partial charge in [-0.15, -0.1) is 0 Å². The summed E-state index contributed by atoms with van der Waals surface area (Å²) in [6.07, 6.45) is 4.40. The Kier molecular flexibility index (Phi) is 7.78. The number of carbonyl (C=O) groups is 1. The van der Waals surface area contributed by atoms with Gasteiger partial charge in [-0.1, -0.05) is 25.8 Å². The Morgan fingerprint density at radius 3 is 2.52 bits per heavy atom. The number of amides is 1. The quantitative estimate of drug-likeness (QED) is 0.729. The molecule has 0 spiro atoms. The van der Waals surface area contributed by atoms with E-state index in [4.69, 9.17) is 0 Å². The maximum absolute atomic E-state index is 13.0. The monoisotopic (exact) mass is 384 g/mol. The van der Waals surface area contributed by atoms with Crippen LogP contribution in [0.15, 0.2) is 23.1 Å². The summed E-state index contributed by atoms with van der Waals surface area (Å²) in [5, 5.41) is 2.82. The Hall–Kier alpha value is -1.05. The first kappa shape index (κ1) is 20.3. The molecule has 1 heterocycles. The van der Waals surface area contributed by atoms with Crippen LogP contribution in [0.3, 0.4) is 0 Å². The van der Waals surface area contributed by atoms with Crippen LogP contribution in [0.5, 0.6) is 0 Å². The predicted octanol–water partition coefficient (Wildman–Crippen LogP) is 3.64. The molecule has 1 aromatic rings. The topological polar surface area (TPSA) is 66.5 Å². The van der Waals surface area contributed by atoms with Crippen molar-refractivity contribution < 1.29 is 13.2 Å². The van der Waals surface area contributed by atoms with Gasteiger partial charge >= 0.3 is 0 Å². The molecule has 140 valence electrons. The summed E-state index contributed by atoms with van der Waals surface area (Å²) in [4.78, 5) is 12.3. The molecule has 2 rings (SSSR count). The van der Waals surface area contributed by atoms with Crippen LogP contribution >= 0.6 is 11.8 Å². The number of nitrogens with zero attached hydrogens (tertiary/aromatic N) is 1. The molecule has 1 N–H and O–H groups in total. The van der Waals surface area contributed by atoms with Crippen LogP contribution in [0.4, 0.5) is 5.69 Å². The number of aryl methyl sites for hydroxylation is 1. The van der Waals surface area contributed by atoms with E-state index >= 15 is 0 Å². The van der Waals surface area contributed by atoms with E-state index in [1.54, 1.807) is 41.2 Å². The van der Waals surface area contributed by atoms with Crippen molar-refractivity contribution in [2.24, 2.45) is 0 Å². The summed E-state index contributed by atoms with van der Waals surface area (Å²) in [6, 6.07) is 5.13. The highest BCUT2D eigenvalue weighted by atomic mass is 32.2. The molecule has 1 aliphatic heterocycles. The molecule has 25 heavy (non-hydrogen) atoms. The third-order valence-electron chi connectivity index (χ3n) is 4.33. The zero-order valence-electron chi connectivity index (χ0n) is 15.1. The fourth-order valence-electron chi connectivity index (χ4n) is 2.91. The number of carbonyl (C=O) groups excluding carboxylic acids is 1. The molecular weight excluding hydrogens is 356 g/mol. The van der Waals surface area contributed by atoms with Crippen LogP contribution in [0.2, 0.25) is 0 Å². The zero-order valence-corrected chi connectivity index (χ0v) is 16.7.